The quantitative estimate of drug-likeness (QED) is 0.605. The van der Waals surface area contributed by atoms with Gasteiger partial charge in [-0.25, -0.2) is 9.37 Å². The summed E-state index contributed by atoms with van der Waals surface area (Å²) in [7, 11) is 0. The Morgan fingerprint density at radius 2 is 1.84 bits per heavy atom. The molecule has 31 heavy (non-hydrogen) atoms. The van der Waals surface area contributed by atoms with Gasteiger partial charge in [-0.15, -0.1) is 0 Å². The van der Waals surface area contributed by atoms with Crippen molar-refractivity contribution in [1.29, 1.82) is 0 Å². The summed E-state index contributed by atoms with van der Waals surface area (Å²) in [5.74, 6) is -0.0253. The molecule has 0 aromatic carbocycles. The van der Waals surface area contributed by atoms with Crippen molar-refractivity contribution in [1.82, 2.24) is 20.5 Å². The van der Waals surface area contributed by atoms with Gasteiger partial charge >= 0.3 is 0 Å². The summed E-state index contributed by atoms with van der Waals surface area (Å²) >= 11 is 0. The first-order valence-corrected chi connectivity index (χ1v) is 11.3. The summed E-state index contributed by atoms with van der Waals surface area (Å²) in [4.78, 5) is 32.1. The minimum Gasteiger partial charge on any atom is -0.372 e. The topological polar surface area (TPSA) is 89.6 Å². The number of rotatable bonds is 5. The molecule has 1 unspecified atom stereocenters. The molecule has 4 rings (SSSR count). The van der Waals surface area contributed by atoms with Gasteiger partial charge in [0, 0.05) is 44.2 Å². The third kappa shape index (κ3) is 4.82. The first-order chi connectivity index (χ1) is 14.8. The lowest BCUT2D eigenvalue weighted by molar-refractivity contribution is -0.133. The van der Waals surface area contributed by atoms with Crippen LogP contribution in [0.1, 0.15) is 39.5 Å². The van der Waals surface area contributed by atoms with Gasteiger partial charge in [-0.05, 0) is 52.1 Å². The monoisotopic (exact) mass is 432 g/mol. The van der Waals surface area contributed by atoms with Crippen molar-refractivity contribution in [2.45, 2.75) is 51.1 Å². The number of hydrogen-bond donors (Lipinski definition) is 3. The molecule has 8 nitrogen and oxygen atoms in total. The number of pyridine rings is 1. The van der Waals surface area contributed by atoms with Crippen LogP contribution in [-0.4, -0.2) is 72.5 Å². The number of carbonyl (C=O) groups excluding carboxylic acids is 2. The molecule has 0 aliphatic carbocycles. The maximum absolute atomic E-state index is 14.9. The fourth-order valence-electron chi connectivity index (χ4n) is 5.06. The van der Waals surface area contributed by atoms with Crippen LogP contribution >= 0.6 is 0 Å². The number of carbonyl (C=O) groups is 2. The third-order valence-electron chi connectivity index (χ3n) is 7.13. The predicted octanol–water partition coefficient (Wildman–Crippen LogP) is 1.34. The summed E-state index contributed by atoms with van der Waals surface area (Å²) in [5.41, 5.74) is 0.581. The maximum atomic E-state index is 14.9. The highest BCUT2D eigenvalue weighted by Gasteiger charge is 2.37. The van der Waals surface area contributed by atoms with Crippen LogP contribution < -0.4 is 20.9 Å². The molecule has 3 N–H and O–H groups in total. The van der Waals surface area contributed by atoms with Crippen molar-refractivity contribution in [2.75, 3.05) is 49.5 Å². The summed E-state index contributed by atoms with van der Waals surface area (Å²) in [6.07, 6.45) is 4.63. The van der Waals surface area contributed by atoms with Crippen LogP contribution in [-0.2, 0) is 9.59 Å². The number of nitrogens with zero attached hydrogens (tertiary/aromatic N) is 3. The molecule has 4 heterocycles. The zero-order valence-corrected chi connectivity index (χ0v) is 18.4. The van der Waals surface area contributed by atoms with E-state index in [1.165, 1.54) is 18.9 Å². The Hall–Kier alpha value is -2.26. The van der Waals surface area contributed by atoms with Crippen molar-refractivity contribution >= 4 is 23.3 Å². The lowest BCUT2D eigenvalue weighted by Gasteiger charge is -2.49. The van der Waals surface area contributed by atoms with E-state index in [-0.39, 0.29) is 23.8 Å². The van der Waals surface area contributed by atoms with E-state index in [0.717, 1.165) is 39.3 Å². The van der Waals surface area contributed by atoms with Crippen LogP contribution in [0.25, 0.3) is 0 Å². The SMILES string of the molecule is CC(C)(C1CCNCC1)N1CCN(c2ncc(NC3CCC(=O)NC3=O)cc2F)CC1. The molecule has 0 saturated carbocycles. The molecule has 0 bridgehead atoms. The summed E-state index contributed by atoms with van der Waals surface area (Å²) in [6, 6.07) is 0.836. The highest BCUT2D eigenvalue weighted by Crippen LogP contribution is 2.32. The van der Waals surface area contributed by atoms with Crippen molar-refractivity contribution < 1.29 is 14.0 Å². The molecule has 1 aromatic heterocycles. The van der Waals surface area contributed by atoms with Crippen molar-refractivity contribution in [2.24, 2.45) is 5.92 Å². The van der Waals surface area contributed by atoms with Crippen molar-refractivity contribution in [3.05, 3.63) is 18.1 Å². The number of amides is 2. The maximum Gasteiger partial charge on any atom is 0.249 e. The predicted molar refractivity (Wildman–Crippen MR) is 117 cm³/mol. The van der Waals surface area contributed by atoms with Gasteiger partial charge in [0.2, 0.25) is 11.8 Å². The largest absolute Gasteiger partial charge is 0.372 e. The second-order valence-corrected chi connectivity index (χ2v) is 9.33. The molecule has 1 aromatic rings. The molecular formula is C22H33FN6O2. The van der Waals surface area contributed by atoms with E-state index in [9.17, 15) is 14.0 Å². The Labute approximate surface area is 182 Å². The number of piperidine rings is 2. The fraction of sp³-hybridized carbons (Fsp3) is 0.682. The minimum atomic E-state index is -0.550. The third-order valence-corrected chi connectivity index (χ3v) is 7.13. The molecule has 3 fully saturated rings. The zero-order valence-electron chi connectivity index (χ0n) is 18.4. The van der Waals surface area contributed by atoms with Crippen molar-refractivity contribution in [3.8, 4) is 0 Å². The summed E-state index contributed by atoms with van der Waals surface area (Å²) in [5, 5.41) is 8.72. The molecule has 170 valence electrons. The van der Waals surface area contributed by atoms with Crippen LogP contribution in [0, 0.1) is 11.7 Å². The van der Waals surface area contributed by atoms with E-state index < -0.39 is 11.9 Å². The average molecular weight is 433 g/mol. The summed E-state index contributed by atoms with van der Waals surface area (Å²) < 4.78 is 14.9. The van der Waals surface area contributed by atoms with Crippen LogP contribution in [0.3, 0.4) is 0 Å². The highest BCUT2D eigenvalue weighted by molar-refractivity contribution is 6.01. The Morgan fingerprint density at radius 3 is 2.48 bits per heavy atom. The highest BCUT2D eigenvalue weighted by atomic mass is 19.1. The van der Waals surface area contributed by atoms with Gasteiger partial charge in [-0.1, -0.05) is 0 Å². The molecule has 2 amide bonds. The van der Waals surface area contributed by atoms with Crippen LogP contribution in [0.5, 0.6) is 0 Å². The number of halogens is 1. The van der Waals surface area contributed by atoms with E-state index in [0.29, 0.717) is 23.8 Å². The van der Waals surface area contributed by atoms with Gasteiger partial charge in [0.1, 0.15) is 6.04 Å². The molecular weight excluding hydrogens is 399 g/mol. The van der Waals surface area contributed by atoms with Crippen molar-refractivity contribution in [3.63, 3.8) is 0 Å². The Morgan fingerprint density at radius 1 is 1.13 bits per heavy atom. The smallest absolute Gasteiger partial charge is 0.249 e. The molecule has 0 spiro atoms. The molecule has 1 atom stereocenters. The normalized spacial score (nSPS) is 24.2. The number of anilines is 2. The number of hydrogen-bond acceptors (Lipinski definition) is 7. The lowest BCUT2D eigenvalue weighted by atomic mass is 9.79. The molecule has 3 aliphatic heterocycles. The van der Waals surface area contributed by atoms with E-state index in [2.05, 4.69) is 39.7 Å². The minimum absolute atomic E-state index is 0.135. The van der Waals surface area contributed by atoms with Gasteiger partial charge < -0.3 is 15.5 Å². The standard InChI is InChI=1S/C22H33FN6O2/c1-22(2,15-5-7-24-8-6-15)29-11-9-28(10-12-29)20-17(23)13-16(14-25-20)26-18-3-4-19(30)27-21(18)31/h13-15,18,24,26H,3-12H2,1-2H3,(H,27,30,31). The number of aromatic nitrogens is 1. The molecule has 9 heteroatoms. The van der Waals surface area contributed by atoms with E-state index in [1.54, 1.807) is 6.20 Å². The second-order valence-electron chi connectivity index (χ2n) is 9.33. The van der Waals surface area contributed by atoms with Gasteiger partial charge in [0.05, 0.1) is 11.9 Å². The van der Waals surface area contributed by atoms with Gasteiger partial charge in [0.15, 0.2) is 11.6 Å². The first kappa shape index (κ1) is 22.0. The molecule has 3 aliphatic rings. The van der Waals surface area contributed by atoms with E-state index >= 15 is 0 Å². The van der Waals surface area contributed by atoms with E-state index in [1.807, 2.05) is 4.90 Å². The lowest BCUT2D eigenvalue weighted by Crippen LogP contribution is -2.59. The Kier molecular flexibility index (Phi) is 6.43. The van der Waals surface area contributed by atoms with Gasteiger partial charge in [-0.2, -0.15) is 0 Å². The molecule has 3 saturated heterocycles. The number of imide groups is 1. The Bertz CT molecular complexity index is 818. The van der Waals surface area contributed by atoms with Crippen LogP contribution in [0.15, 0.2) is 12.3 Å². The zero-order chi connectivity index (χ0) is 22.0. The fourth-order valence-corrected chi connectivity index (χ4v) is 5.06. The summed E-state index contributed by atoms with van der Waals surface area (Å²) in [6.45, 7) is 10.1. The Balaban J connectivity index is 1.35. The number of nitrogens with one attached hydrogen (secondary N) is 3. The van der Waals surface area contributed by atoms with Crippen LogP contribution in [0.2, 0.25) is 0 Å². The van der Waals surface area contributed by atoms with Gasteiger partial charge in [-0.3, -0.25) is 19.8 Å². The van der Waals surface area contributed by atoms with Crippen LogP contribution in [0.4, 0.5) is 15.9 Å². The van der Waals surface area contributed by atoms with Gasteiger partial charge in [0.25, 0.3) is 0 Å². The molecule has 0 radical (unpaired) electrons. The first-order valence-electron chi connectivity index (χ1n) is 11.3. The second kappa shape index (κ2) is 9.08. The average Bonchev–Trinajstić information content (AvgIpc) is 2.77. The number of piperazine rings is 1. The van der Waals surface area contributed by atoms with E-state index in [4.69, 9.17) is 0 Å².